The molecule has 2 aromatic carbocycles. The van der Waals surface area contributed by atoms with Gasteiger partial charge in [0.2, 0.25) is 5.91 Å². The van der Waals surface area contributed by atoms with Crippen molar-refractivity contribution in [1.29, 1.82) is 0 Å². The Morgan fingerprint density at radius 1 is 1.12 bits per heavy atom. The average molecular weight is 433 g/mol. The van der Waals surface area contributed by atoms with E-state index in [1.54, 1.807) is 4.90 Å². The summed E-state index contributed by atoms with van der Waals surface area (Å²) in [5, 5.41) is 12.7. The van der Waals surface area contributed by atoms with E-state index in [1.165, 1.54) is 42.0 Å². The van der Waals surface area contributed by atoms with Crippen molar-refractivity contribution >= 4 is 17.6 Å². The van der Waals surface area contributed by atoms with Crippen molar-refractivity contribution in [3.05, 3.63) is 65.5 Å². The lowest BCUT2D eigenvalue weighted by atomic mass is 9.73. The Morgan fingerprint density at radius 2 is 1.84 bits per heavy atom. The van der Waals surface area contributed by atoms with Crippen molar-refractivity contribution < 1.29 is 19.1 Å². The number of benzene rings is 2. The number of urea groups is 1. The van der Waals surface area contributed by atoms with Crippen LogP contribution in [-0.2, 0) is 4.79 Å². The van der Waals surface area contributed by atoms with Gasteiger partial charge in [-0.3, -0.25) is 4.79 Å². The summed E-state index contributed by atoms with van der Waals surface area (Å²) in [6.45, 7) is 0.184. The molecule has 3 atom stereocenters. The van der Waals surface area contributed by atoms with Gasteiger partial charge in [0.1, 0.15) is 12.4 Å². The molecule has 0 spiro atoms. The summed E-state index contributed by atoms with van der Waals surface area (Å²) in [5.74, 6) is 6.35. The van der Waals surface area contributed by atoms with Crippen LogP contribution in [0.15, 0.2) is 48.5 Å². The van der Waals surface area contributed by atoms with Gasteiger partial charge in [0, 0.05) is 29.6 Å². The van der Waals surface area contributed by atoms with Gasteiger partial charge in [0.15, 0.2) is 0 Å². The Morgan fingerprint density at radius 3 is 2.50 bits per heavy atom. The van der Waals surface area contributed by atoms with Gasteiger partial charge in [0.25, 0.3) is 0 Å². The normalized spacial score (nSPS) is 24.2. The molecule has 2 N–H and O–H groups in total. The molecule has 1 saturated carbocycles. The Hall–Kier alpha value is -3.37. The SMILES string of the molecule is O=C(Nc1ccc(F)cc1)N1CC(=O)N2[C@H](C1)[C@@H](c1ccc(C#CC3CC3)cc1)[C@@H]2CO. The first-order valence-corrected chi connectivity index (χ1v) is 10.9. The standard InChI is InChI=1S/C25H24FN3O3/c26-19-9-11-20(12-10-19)27-25(32)28-13-21-24(22(15-30)29(21)23(31)14-28)18-7-5-17(6-8-18)4-3-16-1-2-16/h5-12,16,21-22,24,30H,1-2,13-15H2,(H,27,32)/t21-,22+,24-/m1/s1. The first-order valence-electron chi connectivity index (χ1n) is 10.9. The van der Waals surface area contributed by atoms with Gasteiger partial charge in [-0.15, -0.1) is 0 Å². The number of nitrogens with zero attached hydrogens (tertiary/aromatic N) is 2. The van der Waals surface area contributed by atoms with Gasteiger partial charge in [-0.25, -0.2) is 9.18 Å². The van der Waals surface area contributed by atoms with E-state index in [1.807, 2.05) is 24.3 Å². The number of rotatable bonds is 3. The molecule has 2 aromatic rings. The molecule has 3 amide bonds. The Bertz CT molecular complexity index is 1090. The van der Waals surface area contributed by atoms with Crippen molar-refractivity contribution in [3.8, 4) is 11.8 Å². The van der Waals surface area contributed by atoms with Crippen LogP contribution < -0.4 is 5.32 Å². The molecule has 2 saturated heterocycles. The van der Waals surface area contributed by atoms with Crippen LogP contribution >= 0.6 is 0 Å². The molecule has 2 heterocycles. The largest absolute Gasteiger partial charge is 0.394 e. The second-order valence-corrected chi connectivity index (χ2v) is 8.63. The number of piperazine rings is 1. The van der Waals surface area contributed by atoms with Crippen LogP contribution in [0.2, 0.25) is 0 Å². The van der Waals surface area contributed by atoms with E-state index in [4.69, 9.17) is 0 Å². The Kier molecular flexibility index (Phi) is 5.32. The van der Waals surface area contributed by atoms with Crippen LogP contribution in [0.3, 0.4) is 0 Å². The highest BCUT2D eigenvalue weighted by molar-refractivity contribution is 5.93. The molecule has 1 aliphatic carbocycles. The number of fused-ring (bicyclic) bond motifs is 1. The van der Waals surface area contributed by atoms with Crippen molar-refractivity contribution in [1.82, 2.24) is 9.80 Å². The van der Waals surface area contributed by atoms with Gasteiger partial charge in [-0.05, 0) is 54.8 Å². The predicted molar refractivity (Wildman–Crippen MR) is 117 cm³/mol. The van der Waals surface area contributed by atoms with E-state index in [0.29, 0.717) is 18.2 Å². The van der Waals surface area contributed by atoms with Crippen LogP contribution in [0.1, 0.15) is 29.9 Å². The maximum Gasteiger partial charge on any atom is 0.322 e. The summed E-state index contributed by atoms with van der Waals surface area (Å²) in [6.07, 6.45) is 2.37. The van der Waals surface area contributed by atoms with Crippen LogP contribution in [0.4, 0.5) is 14.9 Å². The first kappa shape index (κ1) is 20.5. The highest BCUT2D eigenvalue weighted by Crippen LogP contribution is 2.43. The van der Waals surface area contributed by atoms with E-state index in [9.17, 15) is 19.1 Å². The maximum absolute atomic E-state index is 13.1. The number of hydrogen-bond donors (Lipinski definition) is 2. The number of aliphatic hydroxyl groups excluding tert-OH is 1. The summed E-state index contributed by atoms with van der Waals surface area (Å²) in [5.41, 5.74) is 2.45. The first-order chi connectivity index (χ1) is 15.5. The van der Waals surface area contributed by atoms with Gasteiger partial charge >= 0.3 is 6.03 Å². The minimum absolute atomic E-state index is 0.0531. The molecule has 32 heavy (non-hydrogen) atoms. The van der Waals surface area contributed by atoms with E-state index in [2.05, 4.69) is 17.2 Å². The molecule has 2 aliphatic heterocycles. The lowest BCUT2D eigenvalue weighted by Crippen LogP contribution is -2.73. The molecule has 5 rings (SSSR count). The Balaban J connectivity index is 1.30. The second-order valence-electron chi connectivity index (χ2n) is 8.63. The molecule has 164 valence electrons. The fourth-order valence-corrected chi connectivity index (χ4v) is 4.59. The zero-order valence-corrected chi connectivity index (χ0v) is 17.5. The zero-order valence-electron chi connectivity index (χ0n) is 17.5. The lowest BCUT2D eigenvalue weighted by Gasteiger charge is -2.58. The highest BCUT2D eigenvalue weighted by Gasteiger charge is 2.54. The van der Waals surface area contributed by atoms with Gasteiger partial charge in [-0.1, -0.05) is 24.0 Å². The predicted octanol–water partition coefficient (Wildman–Crippen LogP) is 2.79. The summed E-state index contributed by atoms with van der Waals surface area (Å²) in [7, 11) is 0. The molecule has 6 nitrogen and oxygen atoms in total. The van der Waals surface area contributed by atoms with Crippen LogP contribution in [0, 0.1) is 23.6 Å². The lowest BCUT2D eigenvalue weighted by molar-refractivity contribution is -0.159. The van der Waals surface area contributed by atoms with Crippen LogP contribution in [0.25, 0.3) is 0 Å². The number of nitrogens with one attached hydrogen (secondary N) is 1. The van der Waals surface area contributed by atoms with Gasteiger partial charge in [0.05, 0.1) is 18.7 Å². The number of amides is 3. The fraction of sp³-hybridized carbons (Fsp3) is 0.360. The van der Waals surface area contributed by atoms with E-state index >= 15 is 0 Å². The van der Waals surface area contributed by atoms with Crippen molar-refractivity contribution in [2.45, 2.75) is 30.8 Å². The number of aliphatic hydroxyl groups is 1. The van der Waals surface area contributed by atoms with E-state index < -0.39 is 6.03 Å². The number of carbonyl (C=O) groups is 2. The zero-order chi connectivity index (χ0) is 22.2. The third-order valence-corrected chi connectivity index (χ3v) is 6.43. The van der Waals surface area contributed by atoms with Crippen molar-refractivity contribution in [2.24, 2.45) is 5.92 Å². The smallest absolute Gasteiger partial charge is 0.322 e. The summed E-state index contributed by atoms with van der Waals surface area (Å²) in [4.78, 5) is 28.7. The van der Waals surface area contributed by atoms with Gasteiger partial charge in [-0.2, -0.15) is 0 Å². The molecule has 3 fully saturated rings. The third kappa shape index (κ3) is 3.94. The van der Waals surface area contributed by atoms with Gasteiger partial charge < -0.3 is 20.2 Å². The summed E-state index contributed by atoms with van der Waals surface area (Å²) in [6, 6.07) is 12.6. The van der Waals surface area contributed by atoms with Crippen molar-refractivity contribution in [2.75, 3.05) is 25.0 Å². The molecular weight excluding hydrogens is 409 g/mol. The highest BCUT2D eigenvalue weighted by atomic mass is 19.1. The average Bonchev–Trinajstić information content (AvgIpc) is 3.60. The molecule has 0 unspecified atom stereocenters. The number of carbonyl (C=O) groups excluding carboxylic acids is 2. The molecule has 0 radical (unpaired) electrons. The molecule has 0 bridgehead atoms. The molecular formula is C25H24FN3O3. The quantitative estimate of drug-likeness (QED) is 0.732. The van der Waals surface area contributed by atoms with Crippen molar-refractivity contribution in [3.63, 3.8) is 0 Å². The van der Waals surface area contributed by atoms with E-state index in [-0.39, 0.29) is 42.9 Å². The summed E-state index contributed by atoms with van der Waals surface area (Å²) < 4.78 is 13.1. The number of hydrogen-bond acceptors (Lipinski definition) is 3. The van der Waals surface area contributed by atoms with Crippen LogP contribution in [-0.4, -0.2) is 58.6 Å². The monoisotopic (exact) mass is 433 g/mol. The second kappa shape index (κ2) is 8.29. The number of anilines is 1. The number of halogens is 1. The van der Waals surface area contributed by atoms with Crippen LogP contribution in [0.5, 0.6) is 0 Å². The third-order valence-electron chi connectivity index (χ3n) is 6.43. The van der Waals surface area contributed by atoms with E-state index in [0.717, 1.165) is 11.1 Å². The molecule has 3 aliphatic rings. The topological polar surface area (TPSA) is 72.9 Å². The maximum atomic E-state index is 13.1. The molecule has 7 heteroatoms. The minimum Gasteiger partial charge on any atom is -0.394 e. The fourth-order valence-electron chi connectivity index (χ4n) is 4.59. The molecule has 0 aromatic heterocycles. The minimum atomic E-state index is -0.401. The Labute approximate surface area is 186 Å². The summed E-state index contributed by atoms with van der Waals surface area (Å²) >= 11 is 0.